The fraction of sp³-hybridized carbons (Fsp3) is 0.760. The van der Waals surface area contributed by atoms with Crippen LogP contribution in [0.5, 0.6) is 0 Å². The Balaban J connectivity index is 0.00000324. The summed E-state index contributed by atoms with van der Waals surface area (Å²) in [7, 11) is 0. The molecule has 4 aliphatic carbocycles. The van der Waals surface area contributed by atoms with Gasteiger partial charge in [-0.3, -0.25) is 19.2 Å². The summed E-state index contributed by atoms with van der Waals surface area (Å²) in [5, 5.41) is 31.6. The van der Waals surface area contributed by atoms with Crippen molar-refractivity contribution in [2.45, 2.75) is 83.3 Å². The van der Waals surface area contributed by atoms with Crippen LogP contribution in [0.4, 0.5) is 0 Å². The fourth-order valence-electron chi connectivity index (χ4n) is 7.70. The summed E-state index contributed by atoms with van der Waals surface area (Å²) in [6, 6.07) is 0. The van der Waals surface area contributed by atoms with E-state index < -0.39 is 41.4 Å². The number of esters is 1. The van der Waals surface area contributed by atoms with Gasteiger partial charge in [0.15, 0.2) is 12.4 Å². The van der Waals surface area contributed by atoms with Crippen molar-refractivity contribution in [1.29, 1.82) is 0 Å². The van der Waals surface area contributed by atoms with E-state index in [1.807, 2.05) is 6.92 Å². The quantitative estimate of drug-likeness (QED) is 0.383. The predicted molar refractivity (Wildman–Crippen MR) is 122 cm³/mol. The average molecular weight is 486 g/mol. The zero-order chi connectivity index (χ0) is 24.2. The molecule has 0 heterocycles. The molecule has 34 heavy (non-hydrogen) atoms. The van der Waals surface area contributed by atoms with E-state index in [1.54, 1.807) is 6.08 Å². The van der Waals surface area contributed by atoms with Crippen LogP contribution >= 0.6 is 0 Å². The smallest absolute Gasteiger partial charge is 0.306 e. The van der Waals surface area contributed by atoms with Gasteiger partial charge >= 0.3 is 11.9 Å². The Kier molecular flexibility index (Phi) is 7.91. The summed E-state index contributed by atoms with van der Waals surface area (Å²) in [6.07, 6.45) is 4.30. The molecule has 3 N–H and O–H groups in total. The fourth-order valence-corrected chi connectivity index (χ4v) is 7.70. The van der Waals surface area contributed by atoms with Gasteiger partial charge in [0, 0.05) is 41.4 Å². The molecule has 0 aromatic rings. The normalized spacial score (nSPS) is 40.7. The zero-order valence-corrected chi connectivity index (χ0v) is 22.3. The standard InChI is InChI=1S/C25H34O8.Na/c1-23-9-7-15(26)11-14(23)3-4-16-17-8-10-25(32,24(17,2)12-18(27)22(16)23)19(28)13-33-21(31)6-5-20(29)30;/h11,16-18,22,27,32H,3-10,12-13H2,1-2H3,(H,29,30);/t16-,17-,18-,22+,23-,24-,25-;/m0./s1. The van der Waals surface area contributed by atoms with E-state index in [4.69, 9.17) is 9.84 Å². The number of carbonyl (C=O) groups is 4. The Bertz CT molecular complexity index is 915. The first kappa shape index (κ1) is 27.5. The van der Waals surface area contributed by atoms with Crippen LogP contribution in [0.15, 0.2) is 11.6 Å². The number of carboxylic acids is 1. The van der Waals surface area contributed by atoms with Crippen LogP contribution in [0.25, 0.3) is 0 Å². The molecule has 0 saturated heterocycles. The van der Waals surface area contributed by atoms with E-state index in [1.165, 1.54) is 0 Å². The first-order valence-electron chi connectivity index (χ1n) is 12.0. The molecule has 3 fully saturated rings. The number of hydrogen-bond acceptors (Lipinski definition) is 7. The van der Waals surface area contributed by atoms with Crippen molar-refractivity contribution in [3.05, 3.63) is 11.6 Å². The predicted octanol–water partition coefficient (Wildman–Crippen LogP) is 1.82. The molecular formula is C25H34NaO8. The number of fused-ring (bicyclic) bond motifs is 5. The number of carbonyl (C=O) groups excluding carboxylic acids is 3. The summed E-state index contributed by atoms with van der Waals surface area (Å²) in [4.78, 5) is 47.5. The van der Waals surface area contributed by atoms with Crippen LogP contribution < -0.4 is 0 Å². The van der Waals surface area contributed by atoms with Gasteiger partial charge in [0.1, 0.15) is 5.60 Å². The zero-order valence-electron chi connectivity index (χ0n) is 20.3. The molecule has 0 unspecified atom stereocenters. The third kappa shape index (κ3) is 4.34. The van der Waals surface area contributed by atoms with Crippen molar-refractivity contribution in [2.75, 3.05) is 6.61 Å². The third-order valence-electron chi connectivity index (χ3n) is 9.42. The second-order valence-corrected chi connectivity index (χ2v) is 11.0. The van der Waals surface area contributed by atoms with Crippen LogP contribution in [-0.2, 0) is 23.9 Å². The molecule has 4 rings (SSSR count). The molecule has 4 aliphatic rings. The van der Waals surface area contributed by atoms with Crippen molar-refractivity contribution in [3.8, 4) is 0 Å². The first-order chi connectivity index (χ1) is 15.4. The number of aliphatic hydroxyl groups excluding tert-OH is 1. The van der Waals surface area contributed by atoms with Crippen LogP contribution in [0.2, 0.25) is 0 Å². The van der Waals surface area contributed by atoms with Crippen molar-refractivity contribution in [3.63, 3.8) is 0 Å². The van der Waals surface area contributed by atoms with E-state index in [-0.39, 0.29) is 84.2 Å². The van der Waals surface area contributed by atoms with E-state index in [0.717, 1.165) is 24.8 Å². The third-order valence-corrected chi connectivity index (χ3v) is 9.42. The second kappa shape index (κ2) is 9.77. The Hall–Kier alpha value is -1.06. The van der Waals surface area contributed by atoms with E-state index in [9.17, 15) is 29.4 Å². The molecule has 183 valence electrons. The van der Waals surface area contributed by atoms with Gasteiger partial charge < -0.3 is 20.1 Å². The molecular weight excluding hydrogens is 451 g/mol. The topological polar surface area (TPSA) is 138 Å². The minimum atomic E-state index is -1.71. The Morgan fingerprint density at radius 2 is 1.82 bits per heavy atom. The number of Topliss-reactive ketones (excluding diaryl/α,β-unsaturated/α-hetero) is 1. The number of ketones is 2. The number of carboxylic acid groups (broad SMARTS) is 1. The molecule has 0 bridgehead atoms. The molecule has 1 radical (unpaired) electrons. The number of aliphatic hydroxyl groups is 2. The van der Waals surface area contributed by atoms with Crippen LogP contribution in [-0.4, -0.2) is 86.7 Å². The van der Waals surface area contributed by atoms with Gasteiger partial charge in [-0.25, -0.2) is 0 Å². The number of ether oxygens (including phenoxy) is 1. The molecule has 0 spiro atoms. The van der Waals surface area contributed by atoms with Gasteiger partial charge in [0.25, 0.3) is 0 Å². The van der Waals surface area contributed by atoms with Crippen LogP contribution in [0.1, 0.15) is 71.6 Å². The van der Waals surface area contributed by atoms with E-state index >= 15 is 0 Å². The first-order valence-corrected chi connectivity index (χ1v) is 12.0. The van der Waals surface area contributed by atoms with Gasteiger partial charge in [-0.05, 0) is 67.8 Å². The minimum absolute atomic E-state index is 0. The number of aliphatic carboxylic acids is 1. The number of rotatable bonds is 6. The van der Waals surface area contributed by atoms with E-state index in [2.05, 4.69) is 6.92 Å². The maximum Gasteiger partial charge on any atom is 0.306 e. The summed E-state index contributed by atoms with van der Waals surface area (Å²) >= 11 is 0. The SMILES string of the molecule is C[C@]12CCC(=O)C=C1CC[C@@H]1[C@@H]2[C@@H](O)C[C@@]2(C)[C@H]1CC[C@]2(O)C(=O)COC(=O)CCC(=O)O.[Na]. The molecule has 8 nitrogen and oxygen atoms in total. The molecule has 0 amide bonds. The van der Waals surface area contributed by atoms with Crippen LogP contribution in [0.3, 0.4) is 0 Å². The van der Waals surface area contributed by atoms with Crippen LogP contribution in [0, 0.1) is 28.6 Å². The summed E-state index contributed by atoms with van der Waals surface area (Å²) < 4.78 is 4.97. The van der Waals surface area contributed by atoms with Gasteiger partial charge in [-0.1, -0.05) is 19.4 Å². The molecule has 7 atom stereocenters. The van der Waals surface area contributed by atoms with Gasteiger partial charge in [0.05, 0.1) is 18.9 Å². The summed E-state index contributed by atoms with van der Waals surface area (Å²) in [5.41, 5.74) is -1.68. The van der Waals surface area contributed by atoms with E-state index in [0.29, 0.717) is 12.8 Å². The van der Waals surface area contributed by atoms with Gasteiger partial charge in [-0.15, -0.1) is 0 Å². The maximum absolute atomic E-state index is 13.1. The summed E-state index contributed by atoms with van der Waals surface area (Å²) in [5.74, 6) is -2.20. The number of allylic oxidation sites excluding steroid dienone is 1. The van der Waals surface area contributed by atoms with Crippen molar-refractivity contribution in [2.24, 2.45) is 28.6 Å². The molecule has 0 aromatic heterocycles. The second-order valence-electron chi connectivity index (χ2n) is 11.0. The molecule has 9 heteroatoms. The molecule has 0 aliphatic heterocycles. The Morgan fingerprint density at radius 3 is 2.50 bits per heavy atom. The Morgan fingerprint density at radius 1 is 1.12 bits per heavy atom. The minimum Gasteiger partial charge on any atom is -0.481 e. The van der Waals surface area contributed by atoms with Gasteiger partial charge in [0.2, 0.25) is 5.78 Å². The van der Waals surface area contributed by atoms with Gasteiger partial charge in [-0.2, -0.15) is 0 Å². The number of hydrogen-bond donors (Lipinski definition) is 3. The van der Waals surface area contributed by atoms with Crippen molar-refractivity contribution < 1.29 is 39.2 Å². The molecule has 3 saturated carbocycles. The average Bonchev–Trinajstić information content (AvgIpc) is 3.02. The summed E-state index contributed by atoms with van der Waals surface area (Å²) in [6.45, 7) is 3.41. The Labute approximate surface area is 221 Å². The maximum atomic E-state index is 13.1. The largest absolute Gasteiger partial charge is 0.481 e. The van der Waals surface area contributed by atoms with Crippen molar-refractivity contribution in [1.82, 2.24) is 0 Å². The van der Waals surface area contributed by atoms with Crippen molar-refractivity contribution >= 4 is 53.1 Å². The monoisotopic (exact) mass is 485 g/mol. The molecule has 0 aromatic carbocycles.